The van der Waals surface area contributed by atoms with Crippen molar-refractivity contribution in [1.29, 1.82) is 0 Å². The Kier molecular flexibility index (Phi) is 4.34. The predicted molar refractivity (Wildman–Crippen MR) is 97.6 cm³/mol. The lowest BCUT2D eigenvalue weighted by molar-refractivity contribution is 0.0696. The number of aryl methyl sites for hydroxylation is 1. The topological polar surface area (TPSA) is 101 Å². The molecule has 0 aliphatic carbocycles. The van der Waals surface area contributed by atoms with Crippen LogP contribution < -0.4 is 11.2 Å². The summed E-state index contributed by atoms with van der Waals surface area (Å²) < 4.78 is 18.4. The molecule has 0 radical (unpaired) electrons. The molecule has 1 N–H and O–H groups in total. The highest BCUT2D eigenvalue weighted by atomic mass is 32.1. The van der Waals surface area contributed by atoms with E-state index in [4.69, 9.17) is 0 Å². The maximum Gasteiger partial charge on any atom is 0.329 e. The van der Waals surface area contributed by atoms with Crippen LogP contribution in [0.5, 0.6) is 0 Å². The Morgan fingerprint density at radius 2 is 2.04 bits per heavy atom. The molecule has 0 spiro atoms. The zero-order valence-electron chi connectivity index (χ0n) is 14.4. The number of likely N-dealkylation sites (tertiary alicyclic amines) is 1. The van der Waals surface area contributed by atoms with E-state index in [1.807, 2.05) is 0 Å². The van der Waals surface area contributed by atoms with Crippen LogP contribution >= 0.6 is 11.5 Å². The molecule has 0 atom stereocenters. The highest BCUT2D eigenvalue weighted by Gasteiger charge is 2.28. The van der Waals surface area contributed by atoms with Crippen molar-refractivity contribution in [3.8, 4) is 0 Å². The van der Waals surface area contributed by atoms with Crippen LogP contribution in [0.15, 0.2) is 27.8 Å². The third kappa shape index (κ3) is 3.05. The van der Waals surface area contributed by atoms with Crippen molar-refractivity contribution in [2.24, 2.45) is 0 Å². The first-order valence-corrected chi connectivity index (χ1v) is 9.25. The van der Waals surface area contributed by atoms with Crippen molar-refractivity contribution < 1.29 is 9.18 Å². The summed E-state index contributed by atoms with van der Waals surface area (Å²) in [5.74, 6) is -0.671. The number of carbonyl (C=O) groups excluding carboxylic acids is 1. The second-order valence-electron chi connectivity index (χ2n) is 6.51. The summed E-state index contributed by atoms with van der Waals surface area (Å²) >= 11 is 1.06. The number of aromatic amines is 1. The van der Waals surface area contributed by atoms with Gasteiger partial charge in [0.25, 0.3) is 11.5 Å². The van der Waals surface area contributed by atoms with Crippen LogP contribution in [0.1, 0.15) is 34.2 Å². The number of nitrogens with one attached hydrogen (secondary N) is 1. The molecule has 0 bridgehead atoms. The lowest BCUT2D eigenvalue weighted by atomic mass is 10.0. The first-order valence-electron chi connectivity index (χ1n) is 8.48. The zero-order valence-corrected chi connectivity index (χ0v) is 15.3. The normalized spacial score (nSPS) is 15.4. The molecule has 1 fully saturated rings. The lowest BCUT2D eigenvalue weighted by Crippen LogP contribution is -2.45. The van der Waals surface area contributed by atoms with Crippen LogP contribution in [0.2, 0.25) is 0 Å². The number of piperidine rings is 1. The van der Waals surface area contributed by atoms with Gasteiger partial charge in [0.2, 0.25) is 0 Å². The minimum Gasteiger partial charge on any atom is -0.338 e. The molecule has 8 nitrogen and oxygen atoms in total. The average molecular weight is 389 g/mol. The van der Waals surface area contributed by atoms with E-state index in [1.54, 1.807) is 11.8 Å². The highest BCUT2D eigenvalue weighted by Crippen LogP contribution is 2.23. The predicted octanol–water partition coefficient (Wildman–Crippen LogP) is 1.47. The van der Waals surface area contributed by atoms with Gasteiger partial charge in [-0.15, -0.1) is 5.10 Å². The molecule has 0 unspecified atom stereocenters. The summed E-state index contributed by atoms with van der Waals surface area (Å²) in [6.07, 6.45) is 0.918. The van der Waals surface area contributed by atoms with E-state index in [1.165, 1.54) is 12.1 Å². The van der Waals surface area contributed by atoms with Crippen molar-refractivity contribution in [3.05, 3.63) is 55.4 Å². The van der Waals surface area contributed by atoms with Gasteiger partial charge in [-0.05, 0) is 49.5 Å². The Morgan fingerprint density at radius 1 is 1.30 bits per heavy atom. The molecular formula is C17H16FN5O3S. The number of halogens is 1. The van der Waals surface area contributed by atoms with Crippen LogP contribution in [-0.2, 0) is 0 Å². The Morgan fingerprint density at radius 3 is 2.70 bits per heavy atom. The molecular weight excluding hydrogens is 373 g/mol. The van der Waals surface area contributed by atoms with Crippen LogP contribution in [0.3, 0.4) is 0 Å². The van der Waals surface area contributed by atoms with E-state index >= 15 is 0 Å². The van der Waals surface area contributed by atoms with Gasteiger partial charge in [-0.1, -0.05) is 4.49 Å². The number of carbonyl (C=O) groups is 1. The Hall–Kier alpha value is -2.88. The first kappa shape index (κ1) is 17.5. The summed E-state index contributed by atoms with van der Waals surface area (Å²) in [5.41, 5.74) is -0.133. The molecule has 1 aliphatic rings. The van der Waals surface area contributed by atoms with Gasteiger partial charge >= 0.3 is 5.69 Å². The van der Waals surface area contributed by atoms with Gasteiger partial charge in [-0.3, -0.25) is 14.2 Å². The van der Waals surface area contributed by atoms with Gasteiger partial charge in [0.05, 0.1) is 16.6 Å². The molecule has 1 amide bonds. The van der Waals surface area contributed by atoms with Gasteiger partial charge in [-0.2, -0.15) is 0 Å². The van der Waals surface area contributed by atoms with E-state index < -0.39 is 17.1 Å². The molecule has 1 aliphatic heterocycles. The summed E-state index contributed by atoms with van der Waals surface area (Å²) in [6, 6.07) is 3.36. The van der Waals surface area contributed by atoms with Gasteiger partial charge < -0.3 is 9.88 Å². The first-order chi connectivity index (χ1) is 13.0. The second kappa shape index (κ2) is 6.69. The quantitative estimate of drug-likeness (QED) is 0.715. The van der Waals surface area contributed by atoms with Crippen molar-refractivity contribution in [3.63, 3.8) is 0 Å². The minimum absolute atomic E-state index is 0.136. The number of rotatable bonds is 2. The number of hydrogen-bond donors (Lipinski definition) is 1. The van der Waals surface area contributed by atoms with Crippen molar-refractivity contribution in [2.75, 3.05) is 13.1 Å². The van der Waals surface area contributed by atoms with E-state index in [2.05, 4.69) is 14.6 Å². The molecule has 3 heterocycles. The van der Waals surface area contributed by atoms with Gasteiger partial charge in [-0.25, -0.2) is 9.18 Å². The fourth-order valence-electron chi connectivity index (χ4n) is 3.43. The van der Waals surface area contributed by atoms with Crippen LogP contribution in [0.25, 0.3) is 10.9 Å². The standard InChI is InChI=1S/C17H16FN5O3S/c1-9-14(27-21-20-9)16(25)22-6-4-11(5-7-22)23-15(24)12-8-10(18)2-3-13(12)19-17(23)26/h2-3,8,11H,4-7H2,1H3,(H,19,26). The van der Waals surface area contributed by atoms with Crippen molar-refractivity contribution >= 4 is 28.3 Å². The number of benzene rings is 1. The lowest BCUT2D eigenvalue weighted by Gasteiger charge is -2.32. The monoisotopic (exact) mass is 389 g/mol. The molecule has 0 saturated carbocycles. The Bertz CT molecular complexity index is 1140. The number of aromatic nitrogens is 4. The largest absolute Gasteiger partial charge is 0.338 e. The summed E-state index contributed by atoms with van der Waals surface area (Å²) in [6.45, 7) is 2.55. The number of amides is 1. The van der Waals surface area contributed by atoms with E-state index in [0.29, 0.717) is 42.0 Å². The molecule has 1 aromatic carbocycles. The van der Waals surface area contributed by atoms with Crippen LogP contribution in [-0.4, -0.2) is 43.0 Å². The van der Waals surface area contributed by atoms with Gasteiger partial charge in [0.15, 0.2) is 0 Å². The fraction of sp³-hybridized carbons (Fsp3) is 0.353. The molecule has 1 saturated heterocycles. The number of H-pyrrole nitrogens is 1. The zero-order chi connectivity index (χ0) is 19.1. The van der Waals surface area contributed by atoms with Gasteiger partial charge in [0.1, 0.15) is 10.7 Å². The Balaban J connectivity index is 1.60. The second-order valence-corrected chi connectivity index (χ2v) is 7.26. The summed E-state index contributed by atoms with van der Waals surface area (Å²) in [5, 5.41) is 3.99. The van der Waals surface area contributed by atoms with Gasteiger partial charge in [0, 0.05) is 19.1 Å². The van der Waals surface area contributed by atoms with Crippen LogP contribution in [0, 0.1) is 12.7 Å². The molecule has 10 heteroatoms. The van der Waals surface area contributed by atoms with Crippen molar-refractivity contribution in [1.82, 2.24) is 24.0 Å². The van der Waals surface area contributed by atoms with Crippen LogP contribution in [0.4, 0.5) is 4.39 Å². The molecule has 2 aromatic heterocycles. The number of fused-ring (bicyclic) bond motifs is 1. The summed E-state index contributed by atoms with van der Waals surface area (Å²) in [4.78, 5) is 42.5. The number of hydrogen-bond acceptors (Lipinski definition) is 6. The molecule has 3 aromatic rings. The average Bonchev–Trinajstić information content (AvgIpc) is 3.08. The number of nitrogens with zero attached hydrogens (tertiary/aromatic N) is 4. The SMILES string of the molecule is Cc1nnsc1C(=O)N1CCC(n2c(=O)[nH]c3ccc(F)cc3c2=O)CC1. The maximum absolute atomic E-state index is 13.5. The van der Waals surface area contributed by atoms with Crippen molar-refractivity contribution in [2.45, 2.75) is 25.8 Å². The van der Waals surface area contributed by atoms with E-state index in [-0.39, 0.29) is 17.3 Å². The molecule has 140 valence electrons. The maximum atomic E-state index is 13.5. The van der Waals surface area contributed by atoms with E-state index in [0.717, 1.165) is 22.2 Å². The third-order valence-corrected chi connectivity index (χ3v) is 5.67. The smallest absolute Gasteiger partial charge is 0.329 e. The molecule has 27 heavy (non-hydrogen) atoms. The fourth-order valence-corrected chi connectivity index (χ4v) is 4.06. The van der Waals surface area contributed by atoms with E-state index in [9.17, 15) is 18.8 Å². The highest BCUT2D eigenvalue weighted by molar-refractivity contribution is 7.07. The minimum atomic E-state index is -0.535. The Labute approximate surface area is 156 Å². The molecule has 4 rings (SSSR count). The third-order valence-electron chi connectivity index (χ3n) is 4.85. The summed E-state index contributed by atoms with van der Waals surface area (Å²) in [7, 11) is 0.